The van der Waals surface area contributed by atoms with Gasteiger partial charge in [0.2, 0.25) is 11.7 Å². The zero-order valence-corrected chi connectivity index (χ0v) is 17.1. The molecular formula is C21H31N5O3. The van der Waals surface area contributed by atoms with Crippen LogP contribution >= 0.6 is 0 Å². The summed E-state index contributed by atoms with van der Waals surface area (Å²) >= 11 is 0. The Morgan fingerprint density at radius 1 is 1.03 bits per heavy atom. The fourth-order valence-electron chi connectivity index (χ4n) is 5.11. The van der Waals surface area contributed by atoms with Crippen LogP contribution in [0.25, 0.3) is 0 Å². The number of ether oxygens (including phenoxy) is 1. The molecule has 1 saturated heterocycles. The Hall–Kier alpha value is -1.96. The lowest BCUT2D eigenvalue weighted by molar-refractivity contribution is -0.135. The Morgan fingerprint density at radius 3 is 2.52 bits per heavy atom. The van der Waals surface area contributed by atoms with E-state index >= 15 is 0 Å². The Balaban J connectivity index is 1.28. The van der Waals surface area contributed by atoms with Crippen molar-refractivity contribution < 1.29 is 14.3 Å². The number of likely N-dealkylation sites (tertiary alicyclic amines) is 1. The van der Waals surface area contributed by atoms with Crippen molar-refractivity contribution in [3.05, 3.63) is 11.6 Å². The van der Waals surface area contributed by atoms with Crippen molar-refractivity contribution >= 4 is 11.8 Å². The summed E-state index contributed by atoms with van der Waals surface area (Å²) in [5.41, 5.74) is -0.0617. The van der Waals surface area contributed by atoms with Crippen LogP contribution in [0.3, 0.4) is 0 Å². The molecule has 2 aliphatic heterocycles. The van der Waals surface area contributed by atoms with E-state index < -0.39 is 0 Å². The first kappa shape index (κ1) is 19.0. The summed E-state index contributed by atoms with van der Waals surface area (Å²) in [6.07, 6.45) is 9.59. The average Bonchev–Trinajstić information content (AvgIpc) is 3.54. The largest absolute Gasteiger partial charge is 0.373 e. The lowest BCUT2D eigenvalue weighted by Crippen LogP contribution is -2.47. The molecule has 1 aromatic rings. The van der Waals surface area contributed by atoms with Crippen LogP contribution in [0.2, 0.25) is 0 Å². The van der Waals surface area contributed by atoms with Gasteiger partial charge in [-0.1, -0.05) is 19.3 Å². The summed E-state index contributed by atoms with van der Waals surface area (Å²) in [5, 5.41) is 11.6. The summed E-state index contributed by atoms with van der Waals surface area (Å²) in [6.45, 7) is 3.27. The highest BCUT2D eigenvalue weighted by Crippen LogP contribution is 2.39. The molecule has 2 amide bonds. The van der Waals surface area contributed by atoms with Crippen molar-refractivity contribution in [1.29, 1.82) is 0 Å². The van der Waals surface area contributed by atoms with Gasteiger partial charge in [0.1, 0.15) is 6.61 Å². The highest BCUT2D eigenvalue weighted by molar-refractivity contribution is 5.91. The molecule has 2 aliphatic carbocycles. The molecule has 0 atom stereocenters. The van der Waals surface area contributed by atoms with Crippen molar-refractivity contribution in [2.24, 2.45) is 11.3 Å². The van der Waals surface area contributed by atoms with E-state index in [4.69, 9.17) is 4.74 Å². The van der Waals surface area contributed by atoms with Gasteiger partial charge in [0.15, 0.2) is 5.82 Å². The van der Waals surface area contributed by atoms with E-state index in [-0.39, 0.29) is 23.3 Å². The second-order valence-electron chi connectivity index (χ2n) is 9.43. The number of carbonyl (C=O) groups excluding carboxylic acids is 2. The zero-order chi connectivity index (χ0) is 19.8. The lowest BCUT2D eigenvalue weighted by atomic mass is 9.78. The van der Waals surface area contributed by atoms with Crippen LogP contribution < -0.4 is 5.32 Å². The lowest BCUT2D eigenvalue weighted by Gasteiger charge is -2.41. The van der Waals surface area contributed by atoms with E-state index in [0.29, 0.717) is 31.5 Å². The van der Waals surface area contributed by atoms with Crippen molar-refractivity contribution in [2.45, 2.75) is 77.0 Å². The third kappa shape index (κ3) is 3.91. The van der Waals surface area contributed by atoms with Gasteiger partial charge in [-0.05, 0) is 38.5 Å². The molecule has 0 radical (unpaired) electrons. The molecule has 29 heavy (non-hydrogen) atoms. The number of amides is 2. The summed E-state index contributed by atoms with van der Waals surface area (Å²) in [6, 6.07) is 0.247. The number of aromatic nitrogens is 3. The molecule has 8 nitrogen and oxygen atoms in total. The predicted molar refractivity (Wildman–Crippen MR) is 105 cm³/mol. The monoisotopic (exact) mass is 401 g/mol. The molecule has 3 fully saturated rings. The van der Waals surface area contributed by atoms with Crippen LogP contribution in [-0.2, 0) is 22.7 Å². The predicted octanol–water partition coefficient (Wildman–Crippen LogP) is 1.89. The summed E-state index contributed by atoms with van der Waals surface area (Å²) in [4.78, 5) is 27.4. The number of rotatable bonds is 3. The minimum absolute atomic E-state index is 0.0617. The molecular weight excluding hydrogens is 370 g/mol. The molecule has 4 aliphatic rings. The summed E-state index contributed by atoms with van der Waals surface area (Å²) in [7, 11) is 0. The summed E-state index contributed by atoms with van der Waals surface area (Å²) in [5.74, 6) is 1.62. The number of nitrogens with zero attached hydrogens (tertiary/aromatic N) is 4. The fraction of sp³-hybridized carbons (Fsp3) is 0.810. The number of piperidine rings is 1. The van der Waals surface area contributed by atoms with E-state index in [0.717, 1.165) is 57.4 Å². The number of nitrogens with one attached hydrogen (secondary N) is 1. The normalized spacial score (nSPS) is 24.8. The van der Waals surface area contributed by atoms with Crippen LogP contribution in [-0.4, -0.2) is 57.2 Å². The van der Waals surface area contributed by atoms with Gasteiger partial charge >= 0.3 is 0 Å². The molecule has 3 heterocycles. The van der Waals surface area contributed by atoms with E-state index in [9.17, 15) is 9.59 Å². The SMILES string of the molecule is O=C(NC1CCCCC1)c1nnc2n1CC1(CCN(C(=O)C3CC3)CC1)COC2. The first-order valence-electron chi connectivity index (χ1n) is 11.2. The van der Waals surface area contributed by atoms with Gasteiger partial charge in [0, 0.05) is 37.0 Å². The van der Waals surface area contributed by atoms with Crippen LogP contribution in [0, 0.1) is 11.3 Å². The first-order valence-corrected chi connectivity index (χ1v) is 11.2. The Morgan fingerprint density at radius 2 is 1.79 bits per heavy atom. The molecule has 1 N–H and O–H groups in total. The van der Waals surface area contributed by atoms with Crippen molar-refractivity contribution in [3.8, 4) is 0 Å². The maximum absolute atomic E-state index is 12.9. The molecule has 0 bridgehead atoms. The minimum Gasteiger partial charge on any atom is -0.373 e. The van der Waals surface area contributed by atoms with Gasteiger partial charge in [-0.15, -0.1) is 10.2 Å². The molecule has 158 valence electrons. The number of hydrogen-bond acceptors (Lipinski definition) is 5. The Bertz CT molecular complexity index is 773. The van der Waals surface area contributed by atoms with Crippen LogP contribution in [0.1, 0.15) is 74.2 Å². The zero-order valence-electron chi connectivity index (χ0n) is 17.1. The molecule has 5 rings (SSSR count). The molecule has 0 aromatic carbocycles. The van der Waals surface area contributed by atoms with E-state index in [1.807, 2.05) is 9.47 Å². The van der Waals surface area contributed by atoms with Gasteiger partial charge in [-0.2, -0.15) is 0 Å². The van der Waals surface area contributed by atoms with Gasteiger partial charge in [-0.25, -0.2) is 0 Å². The minimum atomic E-state index is -0.117. The maximum atomic E-state index is 12.9. The third-order valence-corrected chi connectivity index (χ3v) is 7.17. The fourth-order valence-corrected chi connectivity index (χ4v) is 5.11. The van der Waals surface area contributed by atoms with E-state index in [1.54, 1.807) is 0 Å². The molecule has 1 spiro atoms. The van der Waals surface area contributed by atoms with E-state index in [2.05, 4.69) is 15.5 Å². The third-order valence-electron chi connectivity index (χ3n) is 7.17. The Kier molecular flexibility index (Phi) is 5.05. The van der Waals surface area contributed by atoms with Gasteiger partial charge in [0.05, 0.1) is 6.61 Å². The maximum Gasteiger partial charge on any atom is 0.289 e. The molecule has 8 heteroatoms. The van der Waals surface area contributed by atoms with Gasteiger partial charge in [-0.3, -0.25) is 9.59 Å². The molecule has 0 unspecified atom stereocenters. The standard InChI is InChI=1S/C21H31N5O3/c27-19(22-16-4-2-1-3-5-16)18-24-23-17-12-29-14-21(13-26(17)18)8-10-25(11-9-21)20(28)15-6-7-15/h15-16H,1-14H2,(H,22,27). The molecule has 2 saturated carbocycles. The molecule has 1 aromatic heterocycles. The first-order chi connectivity index (χ1) is 14.1. The van der Waals surface area contributed by atoms with Crippen molar-refractivity contribution in [2.75, 3.05) is 19.7 Å². The second kappa shape index (κ2) is 7.70. The van der Waals surface area contributed by atoms with E-state index in [1.165, 1.54) is 19.3 Å². The number of hydrogen-bond donors (Lipinski definition) is 1. The van der Waals surface area contributed by atoms with Crippen LogP contribution in [0.5, 0.6) is 0 Å². The second-order valence-corrected chi connectivity index (χ2v) is 9.43. The topological polar surface area (TPSA) is 89.4 Å². The van der Waals surface area contributed by atoms with Gasteiger partial charge < -0.3 is 19.5 Å². The number of carbonyl (C=O) groups is 2. The number of fused-ring (bicyclic) bond motifs is 1. The van der Waals surface area contributed by atoms with Crippen molar-refractivity contribution in [3.63, 3.8) is 0 Å². The summed E-state index contributed by atoms with van der Waals surface area (Å²) < 4.78 is 7.93. The Labute approximate surface area is 171 Å². The van der Waals surface area contributed by atoms with Gasteiger partial charge in [0.25, 0.3) is 5.91 Å². The highest BCUT2D eigenvalue weighted by atomic mass is 16.5. The van der Waals surface area contributed by atoms with Crippen LogP contribution in [0.15, 0.2) is 0 Å². The van der Waals surface area contributed by atoms with Crippen molar-refractivity contribution in [1.82, 2.24) is 25.0 Å². The smallest absolute Gasteiger partial charge is 0.289 e. The quantitative estimate of drug-likeness (QED) is 0.835. The van der Waals surface area contributed by atoms with Crippen LogP contribution in [0.4, 0.5) is 0 Å². The average molecular weight is 402 g/mol. The highest BCUT2D eigenvalue weighted by Gasteiger charge is 2.42.